The first-order chi connectivity index (χ1) is 25.7. The number of rotatable bonds is 6. The molecular weight excluding hydrogens is 631 g/mol. The van der Waals surface area contributed by atoms with E-state index < -0.39 is 0 Å². The minimum absolute atomic E-state index is 0.543. The van der Waals surface area contributed by atoms with Gasteiger partial charge in [-0.3, -0.25) is 0 Å². The summed E-state index contributed by atoms with van der Waals surface area (Å²) in [4.78, 5) is 2.31. The number of hydrogen-bond acceptors (Lipinski definition) is 1. The fourth-order valence-corrected chi connectivity index (χ4v) is 8.08. The number of anilines is 3. The highest BCUT2D eigenvalue weighted by Gasteiger charge is 2.20. The summed E-state index contributed by atoms with van der Waals surface area (Å²) in [6.45, 7) is 2.29. The Morgan fingerprint density at radius 3 is 1.67 bits per heavy atom. The van der Waals surface area contributed by atoms with Crippen molar-refractivity contribution < 1.29 is 0 Å². The second-order valence-electron chi connectivity index (χ2n) is 13.9. The molecule has 0 spiro atoms. The van der Waals surface area contributed by atoms with Crippen LogP contribution in [0, 0.1) is 5.92 Å². The van der Waals surface area contributed by atoms with Crippen molar-refractivity contribution in [2.75, 3.05) is 4.90 Å². The second-order valence-corrected chi connectivity index (χ2v) is 13.9. The number of aromatic nitrogens is 2. The maximum absolute atomic E-state index is 2.48. The van der Waals surface area contributed by atoms with Gasteiger partial charge >= 0.3 is 0 Å². The Morgan fingerprint density at radius 2 is 1.00 bits per heavy atom. The SMILES string of the molecule is CC1C=CC(n2c3ccc(-c4ccc(N(c5ccccc5)c5ccccc5)cc4)cc3c3cc4c(cc32)c2ccccc2n4-c2ccccc2)=CC1. The Morgan fingerprint density at radius 1 is 0.462 bits per heavy atom. The predicted molar refractivity (Wildman–Crippen MR) is 221 cm³/mol. The smallest absolute Gasteiger partial charge is 0.0548 e. The van der Waals surface area contributed by atoms with Crippen LogP contribution in [0.1, 0.15) is 13.3 Å². The van der Waals surface area contributed by atoms with E-state index in [1.165, 1.54) is 66.1 Å². The molecule has 0 bridgehead atoms. The molecule has 3 nitrogen and oxygen atoms in total. The van der Waals surface area contributed by atoms with E-state index in [4.69, 9.17) is 0 Å². The van der Waals surface area contributed by atoms with Crippen LogP contribution in [0.15, 0.2) is 188 Å². The molecule has 9 aromatic rings. The molecule has 2 heterocycles. The average Bonchev–Trinajstić information content (AvgIpc) is 3.70. The van der Waals surface area contributed by atoms with Gasteiger partial charge in [-0.25, -0.2) is 0 Å². The quantitative estimate of drug-likeness (QED) is 0.172. The van der Waals surface area contributed by atoms with Crippen LogP contribution in [-0.2, 0) is 0 Å². The van der Waals surface area contributed by atoms with E-state index in [1.54, 1.807) is 0 Å². The molecule has 248 valence electrons. The van der Waals surface area contributed by atoms with Gasteiger partial charge < -0.3 is 14.0 Å². The first kappa shape index (κ1) is 30.3. The van der Waals surface area contributed by atoms with Crippen LogP contribution in [0.2, 0.25) is 0 Å². The molecule has 52 heavy (non-hydrogen) atoms. The van der Waals surface area contributed by atoms with E-state index >= 15 is 0 Å². The van der Waals surface area contributed by atoms with Crippen molar-refractivity contribution in [2.45, 2.75) is 13.3 Å². The molecular formula is C49H37N3. The van der Waals surface area contributed by atoms with Crippen LogP contribution in [0.3, 0.4) is 0 Å². The fraction of sp³-hybridized carbons (Fsp3) is 0.0612. The van der Waals surface area contributed by atoms with Crippen LogP contribution in [0.25, 0.3) is 66.1 Å². The summed E-state index contributed by atoms with van der Waals surface area (Å²) in [5, 5.41) is 5.05. The van der Waals surface area contributed by atoms with Gasteiger partial charge in [0, 0.05) is 50.0 Å². The minimum atomic E-state index is 0.543. The van der Waals surface area contributed by atoms with E-state index in [0.717, 1.165) is 23.5 Å². The molecule has 0 aliphatic heterocycles. The highest BCUT2D eigenvalue weighted by atomic mass is 15.1. The van der Waals surface area contributed by atoms with Crippen LogP contribution < -0.4 is 4.90 Å². The maximum atomic E-state index is 2.48. The fourth-order valence-electron chi connectivity index (χ4n) is 8.08. The van der Waals surface area contributed by atoms with Crippen molar-refractivity contribution in [1.82, 2.24) is 9.13 Å². The summed E-state index contributed by atoms with van der Waals surface area (Å²) in [5.41, 5.74) is 13.1. The summed E-state index contributed by atoms with van der Waals surface area (Å²) >= 11 is 0. The van der Waals surface area contributed by atoms with Crippen LogP contribution in [-0.4, -0.2) is 9.13 Å². The summed E-state index contributed by atoms with van der Waals surface area (Å²) < 4.78 is 4.90. The number of hydrogen-bond donors (Lipinski definition) is 0. The molecule has 1 unspecified atom stereocenters. The molecule has 0 amide bonds. The molecule has 1 atom stereocenters. The van der Waals surface area contributed by atoms with Crippen molar-refractivity contribution in [1.29, 1.82) is 0 Å². The van der Waals surface area contributed by atoms with Crippen molar-refractivity contribution in [3.63, 3.8) is 0 Å². The van der Waals surface area contributed by atoms with Crippen molar-refractivity contribution in [3.05, 3.63) is 188 Å². The summed E-state index contributed by atoms with van der Waals surface area (Å²) in [5.74, 6) is 0.543. The number of benzene rings is 7. The molecule has 0 saturated heterocycles. The van der Waals surface area contributed by atoms with Gasteiger partial charge in [0.2, 0.25) is 0 Å². The molecule has 0 fully saturated rings. The normalized spacial score (nSPS) is 14.4. The van der Waals surface area contributed by atoms with Gasteiger partial charge in [-0.2, -0.15) is 0 Å². The zero-order valence-electron chi connectivity index (χ0n) is 29.0. The van der Waals surface area contributed by atoms with Gasteiger partial charge in [-0.15, -0.1) is 0 Å². The topological polar surface area (TPSA) is 13.1 Å². The Bertz CT molecular complexity index is 2760. The Kier molecular flexibility index (Phi) is 7.17. The first-order valence-electron chi connectivity index (χ1n) is 18.2. The molecule has 0 N–H and O–H groups in total. The molecule has 0 radical (unpaired) electrons. The third-order valence-corrected chi connectivity index (χ3v) is 10.6. The Hall–Kier alpha value is -6.58. The van der Waals surface area contributed by atoms with E-state index in [-0.39, 0.29) is 0 Å². The first-order valence-corrected chi connectivity index (χ1v) is 18.2. The molecule has 0 saturated carbocycles. The molecule has 7 aromatic carbocycles. The van der Waals surface area contributed by atoms with E-state index in [9.17, 15) is 0 Å². The van der Waals surface area contributed by atoms with Crippen molar-refractivity contribution >= 4 is 66.4 Å². The average molecular weight is 668 g/mol. The van der Waals surface area contributed by atoms with E-state index in [2.05, 4.69) is 209 Å². The van der Waals surface area contributed by atoms with Gasteiger partial charge in [0.05, 0.1) is 22.1 Å². The van der Waals surface area contributed by atoms with Gasteiger partial charge in [0.1, 0.15) is 0 Å². The van der Waals surface area contributed by atoms with Crippen molar-refractivity contribution in [3.8, 4) is 16.8 Å². The largest absolute Gasteiger partial charge is 0.311 e. The number of nitrogens with zero attached hydrogens (tertiary/aromatic N) is 3. The number of fused-ring (bicyclic) bond motifs is 6. The van der Waals surface area contributed by atoms with Gasteiger partial charge in [0.15, 0.2) is 0 Å². The van der Waals surface area contributed by atoms with Crippen molar-refractivity contribution in [2.24, 2.45) is 5.92 Å². The van der Waals surface area contributed by atoms with Gasteiger partial charge in [0.25, 0.3) is 0 Å². The maximum Gasteiger partial charge on any atom is 0.0548 e. The van der Waals surface area contributed by atoms with E-state index in [1.807, 2.05) is 0 Å². The van der Waals surface area contributed by atoms with Gasteiger partial charge in [-0.05, 0) is 108 Å². The number of allylic oxidation sites excluding steroid dienone is 4. The lowest BCUT2D eigenvalue weighted by Gasteiger charge is -2.25. The standard InChI is InChI=1S/C49H37N3/c1-34-21-26-41(27-22-34)52-47-30-25-36(35-23-28-40(29-24-35)50(37-13-5-2-6-14-37)38-15-7-3-8-16-38)31-43(47)45-33-48-44(32-49(45)52)42-19-11-12-20-46(42)51(48)39-17-9-4-10-18-39/h2-21,23-34H,22H2,1H3. The lowest BCUT2D eigenvalue weighted by molar-refractivity contribution is 0.735. The third kappa shape index (κ3) is 4.97. The molecule has 1 aliphatic carbocycles. The third-order valence-electron chi connectivity index (χ3n) is 10.6. The molecule has 10 rings (SSSR count). The lowest BCUT2D eigenvalue weighted by Crippen LogP contribution is -2.09. The Balaban J connectivity index is 1.17. The zero-order chi connectivity index (χ0) is 34.6. The highest BCUT2D eigenvalue weighted by Crippen LogP contribution is 2.42. The molecule has 2 aromatic heterocycles. The van der Waals surface area contributed by atoms with Crippen LogP contribution in [0.5, 0.6) is 0 Å². The highest BCUT2D eigenvalue weighted by molar-refractivity contribution is 6.20. The lowest BCUT2D eigenvalue weighted by atomic mass is 10.0. The molecule has 3 heteroatoms. The van der Waals surface area contributed by atoms with Crippen LogP contribution >= 0.6 is 0 Å². The zero-order valence-corrected chi connectivity index (χ0v) is 29.0. The van der Waals surface area contributed by atoms with Crippen LogP contribution in [0.4, 0.5) is 17.1 Å². The molecule has 1 aliphatic rings. The predicted octanol–water partition coefficient (Wildman–Crippen LogP) is 13.5. The summed E-state index contributed by atoms with van der Waals surface area (Å²) in [6.07, 6.45) is 8.09. The monoisotopic (exact) mass is 667 g/mol. The second kappa shape index (κ2) is 12.3. The Labute approximate surface area is 303 Å². The minimum Gasteiger partial charge on any atom is -0.311 e. The summed E-state index contributed by atoms with van der Waals surface area (Å²) in [7, 11) is 0. The number of para-hydroxylation sites is 4. The van der Waals surface area contributed by atoms with E-state index in [0.29, 0.717) is 5.92 Å². The van der Waals surface area contributed by atoms with Gasteiger partial charge in [-0.1, -0.05) is 110 Å². The summed E-state index contributed by atoms with van der Waals surface area (Å²) in [6, 6.07) is 61.6.